The zero-order valence-corrected chi connectivity index (χ0v) is 10.0. The summed E-state index contributed by atoms with van der Waals surface area (Å²) in [5, 5.41) is 0. The highest BCUT2D eigenvalue weighted by Gasteiger charge is 2.41. The minimum Gasteiger partial charge on any atom is -0.282 e. The molecule has 0 saturated carbocycles. The van der Waals surface area contributed by atoms with Crippen molar-refractivity contribution >= 4 is 10.1 Å². The molecule has 0 saturated heterocycles. The molecule has 1 aromatic rings. The van der Waals surface area contributed by atoms with Crippen molar-refractivity contribution in [2.45, 2.75) is 30.6 Å². The van der Waals surface area contributed by atoms with Crippen LogP contribution in [-0.2, 0) is 16.5 Å². The van der Waals surface area contributed by atoms with Gasteiger partial charge >= 0.3 is 12.3 Å². The second-order valence-corrected chi connectivity index (χ2v) is 5.21. The summed E-state index contributed by atoms with van der Waals surface area (Å²) in [6.45, 7) is 1.48. The van der Waals surface area contributed by atoms with Crippen LogP contribution in [0.15, 0.2) is 23.1 Å². The minimum absolute atomic E-state index is 0.419. The molecule has 0 fully saturated rings. The maximum atomic E-state index is 12.9. The van der Waals surface area contributed by atoms with E-state index < -0.39 is 39.3 Å². The fourth-order valence-electron chi connectivity index (χ4n) is 1.43. The quantitative estimate of drug-likeness (QED) is 0.684. The average Bonchev–Trinajstić information content (AvgIpc) is 2.14. The summed E-state index contributed by atoms with van der Waals surface area (Å²) in [6, 6.07) is 3.20. The van der Waals surface area contributed by atoms with Crippen LogP contribution in [0.5, 0.6) is 0 Å². The van der Waals surface area contributed by atoms with Crippen LogP contribution >= 0.6 is 0 Å². The van der Waals surface area contributed by atoms with Crippen LogP contribution in [-0.4, -0.2) is 25.3 Å². The standard InChI is InChI=1S/C10H10F4O3S/c1-6-2-3-8(18(15,16)17)7(4-6)5-10(13,14)9(11)12/h2-4,9H,5H2,1H3,(H,15,16,17). The lowest BCUT2D eigenvalue weighted by Crippen LogP contribution is -2.29. The number of hydrogen-bond acceptors (Lipinski definition) is 2. The molecule has 0 radical (unpaired) electrons. The predicted octanol–water partition coefficient (Wildman–Crippen LogP) is 2.68. The third-order valence-corrected chi connectivity index (χ3v) is 3.19. The van der Waals surface area contributed by atoms with Gasteiger partial charge in [0.1, 0.15) is 0 Å². The molecule has 0 unspecified atom stereocenters. The Morgan fingerprint density at radius 1 is 1.33 bits per heavy atom. The first-order valence-electron chi connectivity index (χ1n) is 4.77. The van der Waals surface area contributed by atoms with Crippen molar-refractivity contribution in [1.29, 1.82) is 0 Å². The Labute approximate surface area is 101 Å². The topological polar surface area (TPSA) is 54.4 Å². The maximum absolute atomic E-state index is 12.9. The smallest absolute Gasteiger partial charge is 0.282 e. The highest BCUT2D eigenvalue weighted by Crippen LogP contribution is 2.30. The lowest BCUT2D eigenvalue weighted by atomic mass is 10.0. The second-order valence-electron chi connectivity index (χ2n) is 3.82. The number of alkyl halides is 4. The van der Waals surface area contributed by atoms with Gasteiger partial charge in [-0.1, -0.05) is 17.7 Å². The average molecular weight is 286 g/mol. The molecule has 0 aromatic heterocycles. The highest BCUT2D eigenvalue weighted by molar-refractivity contribution is 7.85. The molecule has 0 heterocycles. The first kappa shape index (κ1) is 14.9. The van der Waals surface area contributed by atoms with Gasteiger partial charge in [-0.2, -0.15) is 17.2 Å². The zero-order chi connectivity index (χ0) is 14.1. The van der Waals surface area contributed by atoms with E-state index in [2.05, 4.69) is 0 Å². The van der Waals surface area contributed by atoms with Crippen molar-refractivity contribution in [3.05, 3.63) is 29.3 Å². The summed E-state index contributed by atoms with van der Waals surface area (Å²) >= 11 is 0. The Kier molecular flexibility index (Phi) is 4.02. The number of rotatable bonds is 4. The molecule has 0 atom stereocenters. The fraction of sp³-hybridized carbons (Fsp3) is 0.400. The summed E-state index contributed by atoms with van der Waals surface area (Å²) in [5.41, 5.74) is -0.120. The van der Waals surface area contributed by atoms with Gasteiger partial charge in [-0.15, -0.1) is 0 Å². The molecule has 8 heteroatoms. The third kappa shape index (κ3) is 3.42. The maximum Gasteiger partial charge on any atom is 0.311 e. The number of benzene rings is 1. The Bertz CT molecular complexity index is 540. The van der Waals surface area contributed by atoms with E-state index in [1.807, 2.05) is 0 Å². The highest BCUT2D eigenvalue weighted by atomic mass is 32.2. The fourth-order valence-corrected chi connectivity index (χ4v) is 2.13. The Morgan fingerprint density at radius 3 is 2.33 bits per heavy atom. The van der Waals surface area contributed by atoms with Crippen molar-refractivity contribution in [3.63, 3.8) is 0 Å². The number of aryl methyl sites for hydroxylation is 1. The van der Waals surface area contributed by atoms with Gasteiger partial charge in [-0.25, -0.2) is 8.78 Å². The third-order valence-electron chi connectivity index (χ3n) is 2.24. The molecular weight excluding hydrogens is 276 g/mol. The van der Waals surface area contributed by atoms with E-state index in [1.54, 1.807) is 0 Å². The molecular formula is C10H10F4O3S. The summed E-state index contributed by atoms with van der Waals surface area (Å²) in [7, 11) is -4.73. The first-order chi connectivity index (χ1) is 8.04. The van der Waals surface area contributed by atoms with E-state index in [1.165, 1.54) is 13.0 Å². The summed E-state index contributed by atoms with van der Waals surface area (Å²) in [6.07, 6.45) is -5.37. The van der Waals surface area contributed by atoms with E-state index in [0.29, 0.717) is 5.56 Å². The molecule has 0 aliphatic heterocycles. The lowest BCUT2D eigenvalue weighted by molar-refractivity contribution is -0.127. The second kappa shape index (κ2) is 4.85. The van der Waals surface area contributed by atoms with Crippen molar-refractivity contribution in [2.24, 2.45) is 0 Å². The van der Waals surface area contributed by atoms with E-state index >= 15 is 0 Å². The molecule has 1 aromatic carbocycles. The predicted molar refractivity (Wildman–Crippen MR) is 55.6 cm³/mol. The molecule has 3 nitrogen and oxygen atoms in total. The van der Waals surface area contributed by atoms with Crippen LogP contribution in [0.2, 0.25) is 0 Å². The zero-order valence-electron chi connectivity index (χ0n) is 9.20. The monoisotopic (exact) mass is 286 g/mol. The SMILES string of the molecule is Cc1ccc(S(=O)(=O)O)c(CC(F)(F)C(F)F)c1. The molecule has 0 bridgehead atoms. The van der Waals surface area contributed by atoms with E-state index in [9.17, 15) is 26.0 Å². The van der Waals surface area contributed by atoms with Gasteiger partial charge in [0.25, 0.3) is 10.1 Å². The van der Waals surface area contributed by atoms with Crippen LogP contribution in [0.4, 0.5) is 17.6 Å². The van der Waals surface area contributed by atoms with Crippen molar-refractivity contribution in [2.75, 3.05) is 0 Å². The largest absolute Gasteiger partial charge is 0.311 e. The Balaban J connectivity index is 3.28. The Morgan fingerprint density at radius 2 is 1.89 bits per heavy atom. The van der Waals surface area contributed by atoms with Gasteiger partial charge < -0.3 is 0 Å². The molecule has 1 rings (SSSR count). The molecule has 102 valence electrons. The number of hydrogen-bond donors (Lipinski definition) is 1. The van der Waals surface area contributed by atoms with Gasteiger partial charge in [0.15, 0.2) is 0 Å². The normalized spacial score (nSPS) is 13.1. The van der Waals surface area contributed by atoms with Crippen molar-refractivity contribution < 1.29 is 30.5 Å². The van der Waals surface area contributed by atoms with E-state index in [0.717, 1.165) is 12.1 Å². The van der Waals surface area contributed by atoms with Gasteiger partial charge in [-0.05, 0) is 18.6 Å². The van der Waals surface area contributed by atoms with Gasteiger partial charge in [0.05, 0.1) is 4.90 Å². The molecule has 0 spiro atoms. The van der Waals surface area contributed by atoms with Gasteiger partial charge in [0, 0.05) is 6.42 Å². The lowest BCUT2D eigenvalue weighted by Gasteiger charge is -2.17. The molecule has 0 aliphatic rings. The molecule has 0 aliphatic carbocycles. The first-order valence-corrected chi connectivity index (χ1v) is 6.21. The minimum atomic E-state index is -4.73. The Hall–Kier alpha value is -1.15. The van der Waals surface area contributed by atoms with Crippen molar-refractivity contribution in [3.8, 4) is 0 Å². The van der Waals surface area contributed by atoms with Crippen LogP contribution in [0.25, 0.3) is 0 Å². The van der Waals surface area contributed by atoms with E-state index in [-0.39, 0.29) is 0 Å². The molecule has 18 heavy (non-hydrogen) atoms. The van der Waals surface area contributed by atoms with Crippen LogP contribution in [0.3, 0.4) is 0 Å². The van der Waals surface area contributed by atoms with Gasteiger partial charge in [0.2, 0.25) is 0 Å². The number of halogens is 4. The van der Waals surface area contributed by atoms with Gasteiger partial charge in [-0.3, -0.25) is 4.55 Å². The molecule has 0 amide bonds. The summed E-state index contributed by atoms with van der Waals surface area (Å²) in [5.74, 6) is -4.35. The van der Waals surface area contributed by atoms with Crippen LogP contribution in [0, 0.1) is 6.92 Å². The summed E-state index contributed by atoms with van der Waals surface area (Å²) < 4.78 is 80.7. The van der Waals surface area contributed by atoms with Crippen molar-refractivity contribution in [1.82, 2.24) is 0 Å². The van der Waals surface area contributed by atoms with E-state index in [4.69, 9.17) is 4.55 Å². The summed E-state index contributed by atoms with van der Waals surface area (Å²) in [4.78, 5) is -0.784. The van der Waals surface area contributed by atoms with Crippen LogP contribution in [0.1, 0.15) is 11.1 Å². The van der Waals surface area contributed by atoms with Crippen LogP contribution < -0.4 is 0 Å². The molecule has 1 N–H and O–H groups in total.